The molecule has 0 amide bonds. The van der Waals surface area contributed by atoms with Gasteiger partial charge >= 0.3 is 0 Å². The Balaban J connectivity index is 2.04. The van der Waals surface area contributed by atoms with Crippen LogP contribution >= 0.6 is 12.2 Å². The molecule has 1 atom stereocenters. The van der Waals surface area contributed by atoms with E-state index in [2.05, 4.69) is 22.5 Å². The van der Waals surface area contributed by atoms with Gasteiger partial charge in [-0.3, -0.25) is 0 Å². The first-order valence-corrected chi connectivity index (χ1v) is 7.79. The zero-order valence-electron chi connectivity index (χ0n) is 13.5. The summed E-state index contributed by atoms with van der Waals surface area (Å²) >= 11 is 5.39. The molecular formula is C17H21N3O2S. The molecule has 23 heavy (non-hydrogen) atoms. The summed E-state index contributed by atoms with van der Waals surface area (Å²) in [5, 5.41) is 6.89. The van der Waals surface area contributed by atoms with Gasteiger partial charge in [0.15, 0.2) is 16.7 Å². The number of anilines is 1. The topological polar surface area (TPSA) is 55.4 Å². The van der Waals surface area contributed by atoms with Crippen LogP contribution in [0.5, 0.6) is 11.5 Å². The quantitative estimate of drug-likeness (QED) is 0.790. The number of aromatic nitrogens is 1. The van der Waals surface area contributed by atoms with E-state index in [1.165, 1.54) is 0 Å². The Morgan fingerprint density at radius 2 is 1.91 bits per heavy atom. The molecule has 1 aromatic heterocycles. The fraction of sp³-hybridized carbons (Fsp3) is 0.294. The van der Waals surface area contributed by atoms with Gasteiger partial charge in [-0.05, 0) is 48.5 Å². The van der Waals surface area contributed by atoms with Crippen LogP contribution in [-0.4, -0.2) is 24.3 Å². The van der Waals surface area contributed by atoms with Gasteiger partial charge in [0.2, 0.25) is 0 Å². The molecule has 0 aliphatic heterocycles. The highest BCUT2D eigenvalue weighted by Gasteiger charge is 2.12. The fourth-order valence-corrected chi connectivity index (χ4v) is 2.45. The number of benzene rings is 1. The lowest BCUT2D eigenvalue weighted by molar-refractivity contribution is 0.414. The van der Waals surface area contributed by atoms with Crippen LogP contribution in [0.1, 0.15) is 24.9 Å². The van der Waals surface area contributed by atoms with Crippen LogP contribution in [0.3, 0.4) is 0 Å². The predicted octanol–water partition coefficient (Wildman–Crippen LogP) is 3.54. The highest BCUT2D eigenvalue weighted by Crippen LogP contribution is 2.22. The van der Waals surface area contributed by atoms with E-state index in [0.717, 1.165) is 17.7 Å². The molecule has 2 rings (SSSR count). The van der Waals surface area contributed by atoms with Crippen molar-refractivity contribution in [3.8, 4) is 11.5 Å². The van der Waals surface area contributed by atoms with Crippen molar-refractivity contribution >= 4 is 23.1 Å². The first kappa shape index (κ1) is 17.0. The van der Waals surface area contributed by atoms with Gasteiger partial charge in [-0.2, -0.15) is 0 Å². The predicted molar refractivity (Wildman–Crippen MR) is 96.2 cm³/mol. The van der Waals surface area contributed by atoms with E-state index >= 15 is 0 Å². The minimum atomic E-state index is 0.107. The van der Waals surface area contributed by atoms with Crippen LogP contribution in [0.4, 0.5) is 5.82 Å². The van der Waals surface area contributed by atoms with Crippen LogP contribution in [0.15, 0.2) is 42.6 Å². The molecule has 1 aromatic carbocycles. The van der Waals surface area contributed by atoms with Crippen LogP contribution in [0.2, 0.25) is 0 Å². The lowest BCUT2D eigenvalue weighted by Crippen LogP contribution is -2.32. The number of pyridine rings is 1. The number of nitrogens with one attached hydrogen (secondary N) is 2. The van der Waals surface area contributed by atoms with E-state index in [-0.39, 0.29) is 6.04 Å². The van der Waals surface area contributed by atoms with Crippen LogP contribution in [-0.2, 0) is 0 Å². The molecule has 2 aromatic rings. The lowest BCUT2D eigenvalue weighted by Gasteiger charge is -2.20. The van der Waals surface area contributed by atoms with E-state index in [0.29, 0.717) is 16.7 Å². The van der Waals surface area contributed by atoms with Gasteiger partial charge in [-0.15, -0.1) is 0 Å². The Bertz CT molecular complexity index is 647. The number of hydrogen-bond acceptors (Lipinski definition) is 4. The molecule has 0 saturated carbocycles. The second kappa shape index (κ2) is 8.33. The molecule has 0 fully saturated rings. The van der Waals surface area contributed by atoms with Crippen molar-refractivity contribution in [3.05, 3.63) is 48.2 Å². The molecule has 6 heteroatoms. The van der Waals surface area contributed by atoms with Crippen molar-refractivity contribution in [2.24, 2.45) is 0 Å². The molecule has 122 valence electrons. The summed E-state index contributed by atoms with van der Waals surface area (Å²) in [4.78, 5) is 4.24. The van der Waals surface area contributed by atoms with E-state index in [4.69, 9.17) is 21.7 Å². The second-order valence-corrected chi connectivity index (χ2v) is 5.29. The normalized spacial score (nSPS) is 11.4. The maximum absolute atomic E-state index is 5.39. The number of rotatable bonds is 6. The molecule has 1 heterocycles. The largest absolute Gasteiger partial charge is 0.497 e. The molecule has 0 aliphatic carbocycles. The van der Waals surface area contributed by atoms with Crippen molar-refractivity contribution in [1.29, 1.82) is 0 Å². The average Bonchev–Trinajstić information content (AvgIpc) is 2.60. The summed E-state index contributed by atoms with van der Waals surface area (Å²) in [5.41, 5.74) is 1.14. The van der Waals surface area contributed by atoms with Crippen LogP contribution in [0.25, 0.3) is 0 Å². The molecular weight excluding hydrogens is 310 g/mol. The van der Waals surface area contributed by atoms with Crippen molar-refractivity contribution in [2.45, 2.75) is 19.4 Å². The minimum Gasteiger partial charge on any atom is -0.497 e. The molecule has 0 unspecified atom stereocenters. The third-order valence-electron chi connectivity index (χ3n) is 3.45. The van der Waals surface area contributed by atoms with Crippen molar-refractivity contribution in [1.82, 2.24) is 10.3 Å². The van der Waals surface area contributed by atoms with Crippen molar-refractivity contribution < 1.29 is 9.47 Å². The average molecular weight is 331 g/mol. The molecule has 2 N–H and O–H groups in total. The Labute approximate surface area is 142 Å². The third kappa shape index (κ3) is 4.56. The van der Waals surface area contributed by atoms with E-state index in [1.807, 2.05) is 36.4 Å². The van der Waals surface area contributed by atoms with E-state index in [1.54, 1.807) is 20.4 Å². The number of methoxy groups -OCH3 is 2. The van der Waals surface area contributed by atoms with Crippen molar-refractivity contribution in [2.75, 3.05) is 19.5 Å². The molecule has 5 nitrogen and oxygen atoms in total. The Morgan fingerprint density at radius 1 is 1.17 bits per heavy atom. The first-order valence-electron chi connectivity index (χ1n) is 7.38. The smallest absolute Gasteiger partial charge is 0.174 e. The summed E-state index contributed by atoms with van der Waals surface area (Å²) in [6, 6.07) is 11.7. The lowest BCUT2D eigenvalue weighted by atomic mass is 10.0. The summed E-state index contributed by atoms with van der Waals surface area (Å²) in [7, 11) is 3.26. The molecule has 0 radical (unpaired) electrons. The van der Waals surface area contributed by atoms with Gasteiger partial charge in [0, 0.05) is 6.20 Å². The highest BCUT2D eigenvalue weighted by atomic mass is 32.1. The maximum atomic E-state index is 5.39. The molecule has 0 spiro atoms. The number of ether oxygens (including phenoxy) is 2. The third-order valence-corrected chi connectivity index (χ3v) is 3.67. The minimum absolute atomic E-state index is 0.107. The monoisotopic (exact) mass is 331 g/mol. The highest BCUT2D eigenvalue weighted by molar-refractivity contribution is 7.80. The first-order chi connectivity index (χ1) is 11.2. The standard InChI is InChI=1S/C17H21N3O2S/c1-4-14(12-7-9-13(21-2)10-8-12)19-17(23)20-16-15(22-3)6-5-11-18-16/h5-11,14H,4H2,1-3H3,(H2,18,19,20,23)/t14-/m1/s1. The van der Waals surface area contributed by atoms with Crippen LogP contribution in [0, 0.1) is 0 Å². The van der Waals surface area contributed by atoms with Gasteiger partial charge in [0.1, 0.15) is 5.75 Å². The fourth-order valence-electron chi connectivity index (χ4n) is 2.21. The van der Waals surface area contributed by atoms with Crippen LogP contribution < -0.4 is 20.1 Å². The molecule has 0 aliphatic rings. The number of hydrogen-bond donors (Lipinski definition) is 2. The Kier molecular flexibility index (Phi) is 6.17. The summed E-state index contributed by atoms with van der Waals surface area (Å²) in [6.45, 7) is 2.10. The van der Waals surface area contributed by atoms with E-state index in [9.17, 15) is 0 Å². The zero-order chi connectivity index (χ0) is 16.7. The van der Waals surface area contributed by atoms with Gasteiger partial charge in [-0.1, -0.05) is 19.1 Å². The zero-order valence-corrected chi connectivity index (χ0v) is 14.3. The Morgan fingerprint density at radius 3 is 2.52 bits per heavy atom. The maximum Gasteiger partial charge on any atom is 0.174 e. The summed E-state index contributed by atoms with van der Waals surface area (Å²) in [5.74, 6) is 2.08. The number of nitrogens with zero attached hydrogens (tertiary/aromatic N) is 1. The van der Waals surface area contributed by atoms with Gasteiger partial charge < -0.3 is 20.1 Å². The van der Waals surface area contributed by atoms with Gasteiger partial charge in [0.05, 0.1) is 20.3 Å². The second-order valence-electron chi connectivity index (χ2n) is 4.89. The summed E-state index contributed by atoms with van der Waals surface area (Å²) in [6.07, 6.45) is 2.59. The molecule has 0 bridgehead atoms. The SMILES string of the molecule is CC[C@@H](NC(=S)Nc1ncccc1OC)c1ccc(OC)cc1. The number of thiocarbonyl (C=S) groups is 1. The summed E-state index contributed by atoms with van der Waals surface area (Å²) < 4.78 is 10.4. The van der Waals surface area contributed by atoms with Gasteiger partial charge in [-0.25, -0.2) is 4.98 Å². The van der Waals surface area contributed by atoms with Crippen molar-refractivity contribution in [3.63, 3.8) is 0 Å². The van der Waals surface area contributed by atoms with Gasteiger partial charge in [0.25, 0.3) is 0 Å². The van der Waals surface area contributed by atoms with E-state index < -0.39 is 0 Å². The molecule has 0 saturated heterocycles. The Hall–Kier alpha value is -2.34.